The molecular weight excluding hydrogens is 209 g/mol. The second-order valence-electron chi connectivity index (χ2n) is 3.16. The van der Waals surface area contributed by atoms with Crippen molar-refractivity contribution in [3.05, 3.63) is 29.6 Å². The minimum Gasteiger partial charge on any atom is -0.384 e. The van der Waals surface area contributed by atoms with E-state index in [0.29, 0.717) is 18.7 Å². The molecule has 0 aliphatic rings. The van der Waals surface area contributed by atoms with Crippen molar-refractivity contribution in [3.8, 4) is 6.07 Å². The number of carbonyl (C=O) groups excluding carboxylic acids is 1. The molecule has 0 saturated heterocycles. The number of nitrogens with zero attached hydrogens (tertiary/aromatic N) is 1. The van der Waals surface area contributed by atoms with Gasteiger partial charge < -0.3 is 10.6 Å². The fraction of sp³-hybridized carbons (Fsp3) is 0.273. The molecule has 0 fully saturated rings. The van der Waals surface area contributed by atoms with Crippen LogP contribution in [0.15, 0.2) is 18.2 Å². The highest BCUT2D eigenvalue weighted by molar-refractivity contribution is 5.76. The van der Waals surface area contributed by atoms with Crippen LogP contribution in [0.1, 0.15) is 12.0 Å². The molecule has 1 amide bonds. The molecule has 16 heavy (non-hydrogen) atoms. The molecule has 0 aliphatic heterocycles. The summed E-state index contributed by atoms with van der Waals surface area (Å²) < 4.78 is 13.0. The quantitative estimate of drug-likeness (QED) is 0.804. The smallest absolute Gasteiger partial charge is 0.221 e. The molecule has 5 heteroatoms. The first-order valence-corrected chi connectivity index (χ1v) is 4.81. The Kier molecular flexibility index (Phi) is 4.28. The van der Waals surface area contributed by atoms with Crippen LogP contribution in [0.2, 0.25) is 0 Å². The lowest BCUT2D eigenvalue weighted by molar-refractivity contribution is -0.120. The van der Waals surface area contributed by atoms with Crippen molar-refractivity contribution in [1.29, 1.82) is 5.26 Å². The topological polar surface area (TPSA) is 64.9 Å². The van der Waals surface area contributed by atoms with Crippen LogP contribution in [0.25, 0.3) is 0 Å². The highest BCUT2D eigenvalue weighted by atomic mass is 19.1. The third-order valence-electron chi connectivity index (χ3n) is 2.05. The summed E-state index contributed by atoms with van der Waals surface area (Å²) in [4.78, 5) is 10.9. The molecule has 0 aromatic heterocycles. The van der Waals surface area contributed by atoms with Crippen LogP contribution >= 0.6 is 0 Å². The first-order chi connectivity index (χ1) is 7.67. The molecule has 84 valence electrons. The van der Waals surface area contributed by atoms with Crippen molar-refractivity contribution in [2.24, 2.45) is 0 Å². The summed E-state index contributed by atoms with van der Waals surface area (Å²) in [6.07, 6.45) is 0.329. The highest BCUT2D eigenvalue weighted by Gasteiger charge is 2.02. The Balaban J connectivity index is 2.55. The van der Waals surface area contributed by atoms with Crippen LogP contribution in [0, 0.1) is 17.1 Å². The first kappa shape index (κ1) is 12.0. The largest absolute Gasteiger partial charge is 0.384 e. The SMILES string of the molecule is CNC(=O)CCNc1ccc(F)c(C#N)c1. The molecule has 4 nitrogen and oxygen atoms in total. The maximum absolute atomic E-state index is 13.0. The van der Waals surface area contributed by atoms with Gasteiger partial charge in [-0.05, 0) is 18.2 Å². The van der Waals surface area contributed by atoms with Crippen LogP contribution < -0.4 is 10.6 Å². The summed E-state index contributed by atoms with van der Waals surface area (Å²) in [5, 5.41) is 14.0. The number of halogens is 1. The summed E-state index contributed by atoms with van der Waals surface area (Å²) in [7, 11) is 1.56. The van der Waals surface area contributed by atoms with Crippen molar-refractivity contribution in [1.82, 2.24) is 5.32 Å². The summed E-state index contributed by atoms with van der Waals surface area (Å²) in [6.45, 7) is 0.441. The lowest BCUT2D eigenvalue weighted by Crippen LogP contribution is -2.20. The Bertz CT molecular complexity index is 426. The van der Waals surface area contributed by atoms with Gasteiger partial charge in [0.15, 0.2) is 0 Å². The second kappa shape index (κ2) is 5.71. The minimum atomic E-state index is -0.542. The third kappa shape index (κ3) is 3.24. The fourth-order valence-corrected chi connectivity index (χ4v) is 1.17. The van der Waals surface area contributed by atoms with E-state index in [9.17, 15) is 9.18 Å². The van der Waals surface area contributed by atoms with Crippen LogP contribution in [0.3, 0.4) is 0 Å². The molecule has 1 rings (SSSR count). The summed E-state index contributed by atoms with van der Waals surface area (Å²) in [5.74, 6) is -0.616. The van der Waals surface area contributed by atoms with Crippen molar-refractivity contribution in [2.75, 3.05) is 18.9 Å². The van der Waals surface area contributed by atoms with E-state index in [1.54, 1.807) is 13.1 Å². The maximum Gasteiger partial charge on any atom is 0.221 e. The zero-order chi connectivity index (χ0) is 12.0. The van der Waals surface area contributed by atoms with Crippen LogP contribution in [0.4, 0.5) is 10.1 Å². The van der Waals surface area contributed by atoms with E-state index in [-0.39, 0.29) is 11.5 Å². The van der Waals surface area contributed by atoms with Gasteiger partial charge in [-0.3, -0.25) is 4.79 Å². The molecular formula is C11H12FN3O. The number of carbonyl (C=O) groups is 1. The Morgan fingerprint density at radius 1 is 1.56 bits per heavy atom. The van der Waals surface area contributed by atoms with Gasteiger partial charge in [0.05, 0.1) is 5.56 Å². The molecule has 0 radical (unpaired) electrons. The third-order valence-corrected chi connectivity index (χ3v) is 2.05. The predicted octanol–water partition coefficient (Wildman–Crippen LogP) is 1.25. The zero-order valence-electron chi connectivity index (χ0n) is 8.88. The van der Waals surface area contributed by atoms with Gasteiger partial charge in [0.25, 0.3) is 0 Å². The second-order valence-corrected chi connectivity index (χ2v) is 3.16. The van der Waals surface area contributed by atoms with Gasteiger partial charge in [-0.25, -0.2) is 4.39 Å². The van der Waals surface area contributed by atoms with Gasteiger partial charge in [0, 0.05) is 25.7 Å². The van der Waals surface area contributed by atoms with Crippen molar-refractivity contribution in [2.45, 2.75) is 6.42 Å². The summed E-state index contributed by atoms with van der Waals surface area (Å²) in [6, 6.07) is 5.92. The normalized spacial score (nSPS) is 9.31. The highest BCUT2D eigenvalue weighted by Crippen LogP contribution is 2.13. The van der Waals surface area contributed by atoms with E-state index in [0.717, 1.165) is 0 Å². The molecule has 0 saturated carbocycles. The van der Waals surface area contributed by atoms with Crippen LogP contribution in [-0.4, -0.2) is 19.5 Å². The Morgan fingerprint density at radius 2 is 2.31 bits per heavy atom. The molecule has 0 atom stereocenters. The van der Waals surface area contributed by atoms with Crippen molar-refractivity contribution < 1.29 is 9.18 Å². The van der Waals surface area contributed by atoms with Crippen molar-refractivity contribution in [3.63, 3.8) is 0 Å². The molecule has 0 unspecified atom stereocenters. The number of anilines is 1. The number of benzene rings is 1. The van der Waals surface area contributed by atoms with Gasteiger partial charge in [-0.15, -0.1) is 0 Å². The van der Waals surface area contributed by atoms with E-state index in [2.05, 4.69) is 10.6 Å². The zero-order valence-corrected chi connectivity index (χ0v) is 8.88. The monoisotopic (exact) mass is 221 g/mol. The van der Waals surface area contributed by atoms with E-state index in [1.165, 1.54) is 18.2 Å². The number of nitrogens with one attached hydrogen (secondary N) is 2. The van der Waals surface area contributed by atoms with Gasteiger partial charge in [-0.2, -0.15) is 5.26 Å². The summed E-state index contributed by atoms with van der Waals surface area (Å²) >= 11 is 0. The van der Waals surface area contributed by atoms with E-state index in [1.807, 2.05) is 0 Å². The van der Waals surface area contributed by atoms with Gasteiger partial charge in [0.2, 0.25) is 5.91 Å². The standard InChI is InChI=1S/C11H12FN3O/c1-14-11(16)4-5-15-9-2-3-10(12)8(6-9)7-13/h2-3,6,15H,4-5H2,1H3,(H,14,16). The average molecular weight is 221 g/mol. The molecule has 1 aromatic carbocycles. The number of hydrogen-bond acceptors (Lipinski definition) is 3. The number of nitriles is 1. The molecule has 0 bridgehead atoms. The Labute approximate surface area is 93.1 Å². The Morgan fingerprint density at radius 3 is 2.94 bits per heavy atom. The van der Waals surface area contributed by atoms with E-state index < -0.39 is 5.82 Å². The Hall–Kier alpha value is -2.09. The number of rotatable bonds is 4. The van der Waals surface area contributed by atoms with Crippen molar-refractivity contribution >= 4 is 11.6 Å². The average Bonchev–Trinajstić information content (AvgIpc) is 2.31. The molecule has 1 aromatic rings. The first-order valence-electron chi connectivity index (χ1n) is 4.81. The van der Waals surface area contributed by atoms with Gasteiger partial charge in [0.1, 0.15) is 11.9 Å². The maximum atomic E-state index is 13.0. The molecule has 0 spiro atoms. The molecule has 0 aliphatic carbocycles. The lowest BCUT2D eigenvalue weighted by atomic mass is 10.2. The molecule has 0 heterocycles. The predicted molar refractivity (Wildman–Crippen MR) is 58.3 cm³/mol. The van der Waals surface area contributed by atoms with Gasteiger partial charge >= 0.3 is 0 Å². The van der Waals surface area contributed by atoms with Crippen LogP contribution in [0.5, 0.6) is 0 Å². The van der Waals surface area contributed by atoms with E-state index in [4.69, 9.17) is 5.26 Å². The summed E-state index contributed by atoms with van der Waals surface area (Å²) in [5.41, 5.74) is 0.617. The minimum absolute atomic E-state index is 0.00931. The van der Waals surface area contributed by atoms with Crippen LogP contribution in [-0.2, 0) is 4.79 Å². The fourth-order valence-electron chi connectivity index (χ4n) is 1.17. The number of amides is 1. The molecule has 2 N–H and O–H groups in total. The number of hydrogen-bond donors (Lipinski definition) is 2. The van der Waals surface area contributed by atoms with Gasteiger partial charge in [-0.1, -0.05) is 0 Å². The van der Waals surface area contributed by atoms with E-state index >= 15 is 0 Å². The lowest BCUT2D eigenvalue weighted by Gasteiger charge is -2.06.